The number of hydrogen-bond donors (Lipinski definition) is 2. The molecule has 3 rings (SSSR count). The molecule has 2 aromatic rings. The van der Waals surface area contributed by atoms with Gasteiger partial charge < -0.3 is 15.2 Å². The van der Waals surface area contributed by atoms with Gasteiger partial charge in [0.25, 0.3) is 0 Å². The van der Waals surface area contributed by atoms with Gasteiger partial charge in [0, 0.05) is 13.1 Å². The first-order chi connectivity index (χ1) is 14.0. The number of likely N-dealkylation sites (tertiary alicyclic amines) is 1. The fraction of sp³-hybridized carbons (Fsp3) is 0.391. The van der Waals surface area contributed by atoms with E-state index in [1.54, 1.807) is 0 Å². The third-order valence-corrected chi connectivity index (χ3v) is 5.21. The van der Waals surface area contributed by atoms with E-state index in [1.807, 2.05) is 73.3 Å². The highest BCUT2D eigenvalue weighted by molar-refractivity contribution is 5.96. The van der Waals surface area contributed by atoms with Crippen LogP contribution >= 0.6 is 0 Å². The number of nitrogens with one attached hydrogen (secondary N) is 1. The van der Waals surface area contributed by atoms with Gasteiger partial charge in [-0.2, -0.15) is 0 Å². The van der Waals surface area contributed by atoms with Gasteiger partial charge in [0.15, 0.2) is 0 Å². The Morgan fingerprint density at radius 1 is 1.14 bits per heavy atom. The van der Waals surface area contributed by atoms with Crippen LogP contribution in [0.4, 0.5) is 5.69 Å². The second kappa shape index (κ2) is 9.56. The van der Waals surface area contributed by atoms with Gasteiger partial charge in [-0.25, -0.2) is 0 Å². The summed E-state index contributed by atoms with van der Waals surface area (Å²) in [7, 11) is 0. The maximum Gasteiger partial charge on any atom is 0.307 e. The molecule has 0 saturated carbocycles. The van der Waals surface area contributed by atoms with E-state index in [1.165, 1.54) is 0 Å². The van der Waals surface area contributed by atoms with Crippen molar-refractivity contribution in [3.8, 4) is 5.75 Å². The lowest BCUT2D eigenvalue weighted by atomic mass is 9.88. The quantitative estimate of drug-likeness (QED) is 0.744. The van der Waals surface area contributed by atoms with Crippen molar-refractivity contribution in [1.82, 2.24) is 4.90 Å². The number of nitrogens with zero attached hydrogens (tertiary/aromatic N) is 1. The maximum absolute atomic E-state index is 13.4. The molecule has 29 heavy (non-hydrogen) atoms. The Hall–Kier alpha value is -2.86. The summed E-state index contributed by atoms with van der Waals surface area (Å²) in [6.07, 6.45) is 0.627. The van der Waals surface area contributed by atoms with Gasteiger partial charge in [-0.15, -0.1) is 0 Å². The highest BCUT2D eigenvalue weighted by atomic mass is 16.5. The number of rotatable bonds is 7. The zero-order valence-corrected chi connectivity index (χ0v) is 16.9. The van der Waals surface area contributed by atoms with E-state index < -0.39 is 17.9 Å². The van der Waals surface area contributed by atoms with Crippen molar-refractivity contribution in [2.75, 3.05) is 25.0 Å². The molecular weight excluding hydrogens is 368 g/mol. The fourth-order valence-electron chi connectivity index (χ4n) is 4.00. The molecule has 1 aliphatic rings. The van der Waals surface area contributed by atoms with Crippen molar-refractivity contribution in [2.24, 2.45) is 11.8 Å². The standard InChI is InChI=1S/C23H28N2O4/c1-3-29-20-12-8-7-11-19(20)24-22(26)21(17-9-5-4-6-10-17)25-14-16(2)13-18(15-25)23(27)28/h4-12,16,18,21H,3,13-15H2,1-2H3,(H,24,26)(H,27,28). The van der Waals surface area contributed by atoms with Crippen LogP contribution in [0.5, 0.6) is 5.75 Å². The number of para-hydroxylation sites is 2. The van der Waals surface area contributed by atoms with Crippen molar-refractivity contribution in [1.29, 1.82) is 0 Å². The number of anilines is 1. The monoisotopic (exact) mass is 396 g/mol. The second-order valence-corrected chi connectivity index (χ2v) is 7.56. The molecule has 3 atom stereocenters. The molecule has 0 aliphatic carbocycles. The first kappa shape index (κ1) is 20.9. The Bertz CT molecular complexity index is 840. The summed E-state index contributed by atoms with van der Waals surface area (Å²) in [5.74, 6) is -0.671. The van der Waals surface area contributed by atoms with Crippen molar-refractivity contribution >= 4 is 17.6 Å². The molecule has 1 fully saturated rings. The number of ether oxygens (including phenoxy) is 1. The minimum atomic E-state index is -0.810. The normalized spacial score (nSPS) is 20.6. The van der Waals surface area contributed by atoms with Gasteiger partial charge in [-0.3, -0.25) is 14.5 Å². The summed E-state index contributed by atoms with van der Waals surface area (Å²) >= 11 is 0. The summed E-state index contributed by atoms with van der Waals surface area (Å²) < 4.78 is 5.63. The Kier molecular flexibility index (Phi) is 6.88. The summed E-state index contributed by atoms with van der Waals surface area (Å²) in [6, 6.07) is 16.3. The Morgan fingerprint density at radius 3 is 2.52 bits per heavy atom. The highest BCUT2D eigenvalue weighted by Crippen LogP contribution is 2.32. The molecule has 2 aromatic carbocycles. The lowest BCUT2D eigenvalue weighted by molar-refractivity contribution is -0.145. The first-order valence-corrected chi connectivity index (χ1v) is 10.0. The Balaban J connectivity index is 1.90. The number of aliphatic carboxylic acids is 1. The molecule has 6 heteroatoms. The van der Waals surface area contributed by atoms with E-state index in [4.69, 9.17) is 4.74 Å². The van der Waals surface area contributed by atoms with Crippen molar-refractivity contribution < 1.29 is 19.4 Å². The van der Waals surface area contributed by atoms with Crippen LogP contribution in [-0.4, -0.2) is 41.6 Å². The number of carboxylic acid groups (broad SMARTS) is 1. The van der Waals surface area contributed by atoms with E-state index >= 15 is 0 Å². The zero-order chi connectivity index (χ0) is 20.8. The van der Waals surface area contributed by atoms with Crippen LogP contribution in [-0.2, 0) is 9.59 Å². The van der Waals surface area contributed by atoms with E-state index in [0.29, 0.717) is 37.6 Å². The van der Waals surface area contributed by atoms with E-state index in [2.05, 4.69) is 5.32 Å². The van der Waals surface area contributed by atoms with Gasteiger partial charge in [0.2, 0.25) is 5.91 Å². The van der Waals surface area contributed by atoms with E-state index in [-0.39, 0.29) is 11.8 Å². The molecule has 6 nitrogen and oxygen atoms in total. The minimum absolute atomic E-state index is 0.193. The van der Waals surface area contributed by atoms with Gasteiger partial charge >= 0.3 is 5.97 Å². The summed E-state index contributed by atoms with van der Waals surface area (Å²) in [4.78, 5) is 27.0. The van der Waals surface area contributed by atoms with Crippen LogP contribution in [0.1, 0.15) is 31.9 Å². The molecule has 0 spiro atoms. The molecule has 1 aliphatic heterocycles. The Labute approximate surface area is 171 Å². The zero-order valence-electron chi connectivity index (χ0n) is 16.9. The van der Waals surface area contributed by atoms with Crippen LogP contribution in [0.2, 0.25) is 0 Å². The highest BCUT2D eigenvalue weighted by Gasteiger charge is 2.36. The number of benzene rings is 2. The van der Waals surface area contributed by atoms with Gasteiger partial charge in [-0.05, 0) is 37.0 Å². The number of amides is 1. The van der Waals surface area contributed by atoms with Crippen molar-refractivity contribution in [3.63, 3.8) is 0 Å². The minimum Gasteiger partial charge on any atom is -0.492 e. The Morgan fingerprint density at radius 2 is 1.83 bits per heavy atom. The molecule has 1 amide bonds. The van der Waals surface area contributed by atoms with Crippen molar-refractivity contribution in [2.45, 2.75) is 26.3 Å². The number of carboxylic acids is 1. The predicted molar refractivity (Wildman–Crippen MR) is 112 cm³/mol. The average molecular weight is 396 g/mol. The van der Waals surface area contributed by atoms with Crippen LogP contribution in [0.25, 0.3) is 0 Å². The molecule has 0 bridgehead atoms. The van der Waals surface area contributed by atoms with Gasteiger partial charge in [0.05, 0.1) is 18.2 Å². The molecule has 3 unspecified atom stereocenters. The largest absolute Gasteiger partial charge is 0.492 e. The molecular formula is C23H28N2O4. The number of hydrogen-bond acceptors (Lipinski definition) is 4. The van der Waals surface area contributed by atoms with Crippen molar-refractivity contribution in [3.05, 3.63) is 60.2 Å². The number of piperidine rings is 1. The molecule has 154 valence electrons. The smallest absolute Gasteiger partial charge is 0.307 e. The predicted octanol–water partition coefficient (Wildman–Crippen LogP) is 3.81. The second-order valence-electron chi connectivity index (χ2n) is 7.56. The molecule has 2 N–H and O–H groups in total. The summed E-state index contributed by atoms with van der Waals surface area (Å²) in [5, 5.41) is 12.5. The average Bonchev–Trinajstić information content (AvgIpc) is 2.70. The van der Waals surface area contributed by atoms with Gasteiger partial charge in [-0.1, -0.05) is 49.4 Å². The SMILES string of the molecule is CCOc1ccccc1NC(=O)C(c1ccccc1)N1CC(C)CC(C(=O)O)C1. The fourth-order valence-corrected chi connectivity index (χ4v) is 4.00. The maximum atomic E-state index is 13.4. The van der Waals surface area contributed by atoms with Crippen LogP contribution < -0.4 is 10.1 Å². The third-order valence-electron chi connectivity index (χ3n) is 5.21. The van der Waals surface area contributed by atoms with E-state index in [0.717, 1.165) is 5.56 Å². The first-order valence-electron chi connectivity index (χ1n) is 10.0. The lowest BCUT2D eigenvalue weighted by Gasteiger charge is -2.39. The number of carbonyl (C=O) groups excluding carboxylic acids is 1. The molecule has 0 aromatic heterocycles. The molecule has 1 heterocycles. The topological polar surface area (TPSA) is 78.9 Å². The van der Waals surface area contributed by atoms with Crippen LogP contribution in [0.15, 0.2) is 54.6 Å². The third kappa shape index (κ3) is 5.15. The van der Waals surface area contributed by atoms with E-state index in [9.17, 15) is 14.7 Å². The van der Waals surface area contributed by atoms with Crippen LogP contribution in [0, 0.1) is 11.8 Å². The van der Waals surface area contributed by atoms with Gasteiger partial charge in [0.1, 0.15) is 11.8 Å². The summed E-state index contributed by atoms with van der Waals surface area (Å²) in [6.45, 7) is 5.45. The lowest BCUT2D eigenvalue weighted by Crippen LogP contribution is -2.47. The summed E-state index contributed by atoms with van der Waals surface area (Å²) in [5.41, 5.74) is 1.46. The molecule has 0 radical (unpaired) electrons. The number of carbonyl (C=O) groups is 2. The van der Waals surface area contributed by atoms with Crippen LogP contribution in [0.3, 0.4) is 0 Å². The molecule has 1 saturated heterocycles.